The minimum atomic E-state index is -0.590. The molecule has 126 valence electrons. The number of benzene rings is 2. The van der Waals surface area contributed by atoms with Gasteiger partial charge in [0.2, 0.25) is 5.91 Å². The number of rotatable bonds is 4. The molecule has 0 saturated heterocycles. The molecule has 0 aliphatic heterocycles. The number of carbonyl (C=O) groups is 1. The first kappa shape index (κ1) is 16.9. The maximum Gasteiger partial charge on any atom is 0.365 e. The van der Waals surface area contributed by atoms with Gasteiger partial charge in [-0.05, 0) is 30.7 Å². The smallest absolute Gasteiger partial charge is 0.324 e. The van der Waals surface area contributed by atoms with E-state index in [0.29, 0.717) is 16.4 Å². The van der Waals surface area contributed by atoms with Crippen molar-refractivity contribution in [2.45, 2.75) is 13.5 Å². The summed E-state index contributed by atoms with van der Waals surface area (Å²) < 4.78 is 1.02. The molecular weight excluding hydrogens is 340 g/mol. The Morgan fingerprint density at radius 3 is 2.56 bits per heavy atom. The fourth-order valence-electron chi connectivity index (χ4n) is 2.27. The lowest BCUT2D eigenvalue weighted by molar-refractivity contribution is -0.117. The second-order valence-electron chi connectivity index (χ2n) is 5.45. The molecule has 0 unspecified atom stereocenters. The molecule has 0 spiro atoms. The van der Waals surface area contributed by atoms with Crippen molar-refractivity contribution in [2.75, 3.05) is 5.32 Å². The highest BCUT2D eigenvalue weighted by Crippen LogP contribution is 2.17. The van der Waals surface area contributed by atoms with Crippen LogP contribution in [0.5, 0.6) is 0 Å². The van der Waals surface area contributed by atoms with E-state index in [1.165, 1.54) is 6.20 Å². The summed E-state index contributed by atoms with van der Waals surface area (Å²) in [5, 5.41) is 7.38. The number of amides is 1. The van der Waals surface area contributed by atoms with Crippen LogP contribution in [-0.4, -0.2) is 20.7 Å². The zero-order valence-electron chi connectivity index (χ0n) is 13.4. The van der Waals surface area contributed by atoms with Gasteiger partial charge in [-0.1, -0.05) is 41.9 Å². The molecule has 6 nitrogen and oxygen atoms in total. The Morgan fingerprint density at radius 2 is 1.88 bits per heavy atom. The van der Waals surface area contributed by atoms with Crippen molar-refractivity contribution in [1.29, 1.82) is 0 Å². The van der Waals surface area contributed by atoms with Gasteiger partial charge in [-0.25, -0.2) is 9.48 Å². The van der Waals surface area contributed by atoms with Crippen LogP contribution >= 0.6 is 11.6 Å². The molecule has 3 aromatic rings. The van der Waals surface area contributed by atoms with Gasteiger partial charge < -0.3 is 5.32 Å². The Kier molecular flexibility index (Phi) is 4.90. The van der Waals surface area contributed by atoms with Gasteiger partial charge >= 0.3 is 5.69 Å². The quantitative estimate of drug-likeness (QED) is 0.781. The summed E-state index contributed by atoms with van der Waals surface area (Å²) in [6, 6.07) is 14.3. The Labute approximate surface area is 149 Å². The Hall–Kier alpha value is -2.99. The third-order valence-electron chi connectivity index (χ3n) is 3.61. The highest BCUT2D eigenvalue weighted by Gasteiger charge is 2.09. The molecule has 3 rings (SSSR count). The topological polar surface area (TPSA) is 76.9 Å². The van der Waals surface area contributed by atoms with Crippen LogP contribution < -0.4 is 11.0 Å². The molecule has 1 aromatic heterocycles. The summed E-state index contributed by atoms with van der Waals surface area (Å²) in [6.07, 6.45) is 1.45. The number of hydrogen-bond acceptors (Lipinski definition) is 4. The van der Waals surface area contributed by atoms with E-state index in [1.807, 2.05) is 25.1 Å². The van der Waals surface area contributed by atoms with E-state index in [9.17, 15) is 9.59 Å². The predicted molar refractivity (Wildman–Crippen MR) is 96.5 cm³/mol. The minimum Gasteiger partial charge on any atom is -0.324 e. The first-order valence-corrected chi connectivity index (χ1v) is 7.96. The second-order valence-corrected chi connectivity index (χ2v) is 5.89. The van der Waals surface area contributed by atoms with Crippen molar-refractivity contribution < 1.29 is 4.79 Å². The van der Waals surface area contributed by atoms with E-state index in [-0.39, 0.29) is 12.5 Å². The fourth-order valence-corrected chi connectivity index (χ4v) is 2.40. The van der Waals surface area contributed by atoms with E-state index in [2.05, 4.69) is 15.4 Å². The molecule has 0 atom stereocenters. The number of aryl methyl sites for hydroxylation is 1. The number of para-hydroxylation sites is 1. The van der Waals surface area contributed by atoms with Crippen LogP contribution in [0.2, 0.25) is 5.02 Å². The number of anilines is 1. The van der Waals surface area contributed by atoms with Crippen LogP contribution in [0.3, 0.4) is 0 Å². The first-order valence-electron chi connectivity index (χ1n) is 7.58. The van der Waals surface area contributed by atoms with Crippen LogP contribution in [0.4, 0.5) is 5.69 Å². The Bertz CT molecular complexity index is 967. The van der Waals surface area contributed by atoms with E-state index >= 15 is 0 Å². The molecule has 0 bridgehead atoms. The summed E-state index contributed by atoms with van der Waals surface area (Å²) in [5.74, 6) is -0.343. The summed E-state index contributed by atoms with van der Waals surface area (Å²) in [6.45, 7) is 1.68. The van der Waals surface area contributed by atoms with Gasteiger partial charge in [-0.15, -0.1) is 0 Å². The summed E-state index contributed by atoms with van der Waals surface area (Å²) in [4.78, 5) is 28.2. The lowest BCUT2D eigenvalue weighted by Gasteiger charge is -2.09. The van der Waals surface area contributed by atoms with Crippen molar-refractivity contribution in [3.63, 3.8) is 0 Å². The van der Waals surface area contributed by atoms with Crippen LogP contribution in [0.15, 0.2) is 59.5 Å². The number of hydrogen-bond donors (Lipinski definition) is 1. The van der Waals surface area contributed by atoms with Gasteiger partial charge in [0.15, 0.2) is 0 Å². The fraction of sp³-hybridized carbons (Fsp3) is 0.111. The zero-order valence-corrected chi connectivity index (χ0v) is 14.2. The maximum atomic E-state index is 12.1. The molecule has 0 saturated carbocycles. The van der Waals surface area contributed by atoms with Crippen molar-refractivity contribution in [1.82, 2.24) is 14.8 Å². The third kappa shape index (κ3) is 4.10. The predicted octanol–water partition coefficient (Wildman–Crippen LogP) is 2.91. The molecule has 0 radical (unpaired) electrons. The van der Waals surface area contributed by atoms with Crippen LogP contribution in [0.1, 0.15) is 5.56 Å². The average molecular weight is 355 g/mol. The lowest BCUT2D eigenvalue weighted by atomic mass is 10.2. The molecule has 1 N–H and O–H groups in total. The summed E-state index contributed by atoms with van der Waals surface area (Å²) in [7, 11) is 0. The molecule has 0 aliphatic carbocycles. The highest BCUT2D eigenvalue weighted by atomic mass is 35.5. The Morgan fingerprint density at radius 1 is 1.16 bits per heavy atom. The van der Waals surface area contributed by atoms with E-state index in [1.54, 1.807) is 30.3 Å². The van der Waals surface area contributed by atoms with Gasteiger partial charge in [0, 0.05) is 16.3 Å². The SMILES string of the molecule is Cc1ccccc1NC(=O)Cn1ncc(-c2ccc(Cl)cc2)nc1=O. The molecule has 7 heteroatoms. The summed E-state index contributed by atoms with van der Waals surface area (Å²) >= 11 is 5.84. The largest absolute Gasteiger partial charge is 0.365 e. The third-order valence-corrected chi connectivity index (χ3v) is 3.86. The van der Waals surface area contributed by atoms with Gasteiger partial charge in [-0.2, -0.15) is 10.1 Å². The van der Waals surface area contributed by atoms with Gasteiger partial charge in [0.1, 0.15) is 6.54 Å². The zero-order chi connectivity index (χ0) is 17.8. The molecule has 0 aliphatic rings. The number of halogens is 1. The molecular formula is C18H15ClN4O2. The maximum absolute atomic E-state index is 12.1. The molecule has 25 heavy (non-hydrogen) atoms. The first-order chi connectivity index (χ1) is 12.0. The molecule has 0 fully saturated rings. The van der Waals surface area contributed by atoms with Crippen molar-refractivity contribution in [2.24, 2.45) is 0 Å². The van der Waals surface area contributed by atoms with E-state index < -0.39 is 5.69 Å². The van der Waals surface area contributed by atoms with Crippen molar-refractivity contribution >= 4 is 23.2 Å². The normalized spacial score (nSPS) is 10.5. The van der Waals surface area contributed by atoms with Gasteiger partial charge in [-0.3, -0.25) is 4.79 Å². The number of nitrogens with one attached hydrogen (secondary N) is 1. The summed E-state index contributed by atoms with van der Waals surface area (Å²) in [5.41, 5.74) is 2.20. The molecule has 2 aromatic carbocycles. The monoisotopic (exact) mass is 354 g/mol. The van der Waals surface area contributed by atoms with Crippen molar-refractivity contribution in [3.05, 3.63) is 75.8 Å². The van der Waals surface area contributed by atoms with Gasteiger partial charge in [0.05, 0.1) is 11.9 Å². The van der Waals surface area contributed by atoms with Gasteiger partial charge in [0.25, 0.3) is 0 Å². The number of nitrogens with zero attached hydrogens (tertiary/aromatic N) is 3. The van der Waals surface area contributed by atoms with Crippen LogP contribution in [-0.2, 0) is 11.3 Å². The van der Waals surface area contributed by atoms with Crippen LogP contribution in [0, 0.1) is 6.92 Å². The van der Waals surface area contributed by atoms with Crippen molar-refractivity contribution in [3.8, 4) is 11.3 Å². The van der Waals surface area contributed by atoms with E-state index in [0.717, 1.165) is 15.8 Å². The van der Waals surface area contributed by atoms with E-state index in [4.69, 9.17) is 11.6 Å². The lowest BCUT2D eigenvalue weighted by Crippen LogP contribution is -2.31. The molecule has 1 amide bonds. The second kappa shape index (κ2) is 7.27. The minimum absolute atomic E-state index is 0.207. The Balaban J connectivity index is 1.75. The number of carbonyl (C=O) groups excluding carboxylic acids is 1. The standard InChI is InChI=1S/C18H15ClN4O2/c1-12-4-2-3-5-15(12)21-17(24)11-23-18(25)22-16(10-20-23)13-6-8-14(19)9-7-13/h2-10H,11H2,1H3,(H,21,24). The highest BCUT2D eigenvalue weighted by molar-refractivity contribution is 6.30. The number of aromatic nitrogens is 3. The molecule has 1 heterocycles. The average Bonchev–Trinajstić information content (AvgIpc) is 2.59. The van der Waals surface area contributed by atoms with Crippen LogP contribution in [0.25, 0.3) is 11.3 Å².